The van der Waals surface area contributed by atoms with E-state index in [1.165, 1.54) is 0 Å². The van der Waals surface area contributed by atoms with E-state index in [-0.39, 0.29) is 28.6 Å². The van der Waals surface area contributed by atoms with E-state index >= 15 is 0 Å². The monoisotopic (exact) mass is 416 g/mol. The molecule has 0 amide bonds. The second kappa shape index (κ2) is 8.35. The molecule has 0 radical (unpaired) electrons. The highest BCUT2D eigenvalue weighted by Crippen LogP contribution is 2.40. The standard InChI is InChI=1S/C19H32O4S2Si/c1-15-7-9-17(10-8-15)25(20,21)22-13-16-14-24-12-11-18(16)23-26(5,6)19(2,3)4/h7-10,16,18H,11-14H2,1-6H3/t16-,18+/m1/s1. The fraction of sp³-hybridized carbons (Fsp3) is 0.684. The Labute approximate surface area is 164 Å². The smallest absolute Gasteiger partial charge is 0.296 e. The molecular weight excluding hydrogens is 384 g/mol. The van der Waals surface area contributed by atoms with Gasteiger partial charge >= 0.3 is 0 Å². The lowest BCUT2D eigenvalue weighted by atomic mass is 10.0. The van der Waals surface area contributed by atoms with Crippen LogP contribution in [0.3, 0.4) is 0 Å². The van der Waals surface area contributed by atoms with Crippen molar-refractivity contribution in [2.24, 2.45) is 5.92 Å². The summed E-state index contributed by atoms with van der Waals surface area (Å²) in [4.78, 5) is 0.216. The van der Waals surface area contributed by atoms with Gasteiger partial charge in [0.15, 0.2) is 8.32 Å². The molecule has 0 saturated carbocycles. The molecule has 0 aromatic heterocycles. The van der Waals surface area contributed by atoms with Crippen molar-refractivity contribution in [1.29, 1.82) is 0 Å². The van der Waals surface area contributed by atoms with Crippen LogP contribution in [-0.2, 0) is 18.7 Å². The molecule has 0 spiro atoms. The number of rotatable bonds is 6. The van der Waals surface area contributed by atoms with Crippen molar-refractivity contribution < 1.29 is 17.0 Å². The van der Waals surface area contributed by atoms with Crippen molar-refractivity contribution in [1.82, 2.24) is 0 Å². The predicted molar refractivity (Wildman–Crippen MR) is 112 cm³/mol. The third-order valence-electron chi connectivity index (χ3n) is 5.40. The summed E-state index contributed by atoms with van der Waals surface area (Å²) in [5.74, 6) is 2.03. The average molecular weight is 417 g/mol. The molecule has 0 N–H and O–H groups in total. The number of hydrogen-bond acceptors (Lipinski definition) is 5. The lowest BCUT2D eigenvalue weighted by molar-refractivity contribution is 0.0913. The van der Waals surface area contributed by atoms with E-state index in [2.05, 4.69) is 33.9 Å². The SMILES string of the molecule is Cc1ccc(S(=O)(=O)OC[C@@H]2CSCC[C@@H]2O[Si](C)(C)C(C)(C)C)cc1. The van der Waals surface area contributed by atoms with Gasteiger partial charge in [0.2, 0.25) is 0 Å². The van der Waals surface area contributed by atoms with Crippen molar-refractivity contribution in [3.63, 3.8) is 0 Å². The van der Waals surface area contributed by atoms with Crippen LogP contribution in [0.2, 0.25) is 18.1 Å². The van der Waals surface area contributed by atoms with Crippen LogP contribution in [0.4, 0.5) is 0 Å². The Hall–Kier alpha value is -0.343. The van der Waals surface area contributed by atoms with Gasteiger partial charge in [-0.1, -0.05) is 38.5 Å². The quantitative estimate of drug-likeness (QED) is 0.490. The van der Waals surface area contributed by atoms with Gasteiger partial charge in [-0.15, -0.1) is 0 Å². The normalized spacial score (nSPS) is 22.4. The Balaban J connectivity index is 2.05. The molecule has 0 bridgehead atoms. The van der Waals surface area contributed by atoms with E-state index in [1.807, 2.05) is 18.7 Å². The molecule has 1 saturated heterocycles. The molecule has 0 unspecified atom stereocenters. The zero-order chi connectivity index (χ0) is 19.6. The first-order valence-electron chi connectivity index (χ1n) is 9.14. The summed E-state index contributed by atoms with van der Waals surface area (Å²) in [5, 5.41) is 0.136. The summed E-state index contributed by atoms with van der Waals surface area (Å²) in [6.45, 7) is 13.3. The minimum atomic E-state index is -3.73. The van der Waals surface area contributed by atoms with E-state index in [0.29, 0.717) is 0 Å². The predicted octanol–water partition coefficient (Wildman–Crippen LogP) is 4.84. The highest BCUT2D eigenvalue weighted by Gasteiger charge is 2.41. The maximum atomic E-state index is 12.5. The summed E-state index contributed by atoms with van der Waals surface area (Å²) in [6, 6.07) is 6.78. The fourth-order valence-corrected chi connectivity index (χ4v) is 6.15. The highest BCUT2D eigenvalue weighted by molar-refractivity contribution is 7.99. The van der Waals surface area contributed by atoms with E-state index in [4.69, 9.17) is 8.61 Å². The van der Waals surface area contributed by atoms with Crippen LogP contribution in [-0.4, -0.2) is 41.0 Å². The van der Waals surface area contributed by atoms with Crippen LogP contribution in [0.25, 0.3) is 0 Å². The summed E-state index contributed by atoms with van der Waals surface area (Å²) in [5.41, 5.74) is 1.02. The molecule has 4 nitrogen and oxygen atoms in total. The second-order valence-electron chi connectivity index (χ2n) is 8.59. The number of benzene rings is 1. The number of thioether (sulfide) groups is 1. The molecule has 7 heteroatoms. The third-order valence-corrected chi connectivity index (χ3v) is 12.4. The molecule has 1 fully saturated rings. The minimum Gasteiger partial charge on any atom is -0.414 e. The highest BCUT2D eigenvalue weighted by atomic mass is 32.2. The van der Waals surface area contributed by atoms with Crippen LogP contribution in [0.5, 0.6) is 0 Å². The summed E-state index contributed by atoms with van der Waals surface area (Å²) >= 11 is 1.85. The zero-order valence-corrected chi connectivity index (χ0v) is 19.4. The first-order valence-corrected chi connectivity index (χ1v) is 14.6. The Morgan fingerprint density at radius 3 is 2.38 bits per heavy atom. The Morgan fingerprint density at radius 1 is 1.19 bits per heavy atom. The maximum Gasteiger partial charge on any atom is 0.296 e. The minimum absolute atomic E-state index is 0.0744. The largest absolute Gasteiger partial charge is 0.414 e. The van der Waals surface area contributed by atoms with Crippen molar-refractivity contribution in [2.45, 2.75) is 63.2 Å². The first-order chi connectivity index (χ1) is 11.9. The van der Waals surface area contributed by atoms with E-state index in [9.17, 15) is 8.42 Å². The van der Waals surface area contributed by atoms with Gasteiger partial charge in [0.1, 0.15) is 0 Å². The lowest BCUT2D eigenvalue weighted by Crippen LogP contribution is -2.48. The molecule has 0 aliphatic carbocycles. The zero-order valence-electron chi connectivity index (χ0n) is 16.7. The second-order valence-corrected chi connectivity index (χ2v) is 16.1. The first kappa shape index (κ1) is 22.0. The van der Waals surface area contributed by atoms with Gasteiger partial charge < -0.3 is 4.43 Å². The summed E-state index contributed by atoms with van der Waals surface area (Å²) in [7, 11) is -5.62. The van der Waals surface area contributed by atoms with Gasteiger partial charge in [0.25, 0.3) is 10.1 Å². The molecule has 1 aliphatic rings. The van der Waals surface area contributed by atoms with Gasteiger partial charge in [-0.25, -0.2) is 0 Å². The number of hydrogen-bond donors (Lipinski definition) is 0. The average Bonchev–Trinajstić information content (AvgIpc) is 2.53. The molecule has 148 valence electrons. The van der Waals surface area contributed by atoms with Crippen LogP contribution < -0.4 is 0 Å². The molecule has 1 heterocycles. The third kappa shape index (κ3) is 5.58. The van der Waals surface area contributed by atoms with Crippen molar-refractivity contribution in [2.75, 3.05) is 18.1 Å². The van der Waals surface area contributed by atoms with E-state index < -0.39 is 18.4 Å². The van der Waals surface area contributed by atoms with E-state index in [0.717, 1.165) is 23.5 Å². The molecular formula is C19H32O4S2Si. The van der Waals surface area contributed by atoms with Gasteiger partial charge in [-0.3, -0.25) is 4.18 Å². The molecule has 26 heavy (non-hydrogen) atoms. The Bertz CT molecular complexity index is 693. The van der Waals surface area contributed by atoms with Crippen LogP contribution in [0.15, 0.2) is 29.2 Å². The molecule has 1 aromatic carbocycles. The van der Waals surface area contributed by atoms with Gasteiger partial charge in [-0.2, -0.15) is 20.2 Å². The molecule has 2 atom stereocenters. The van der Waals surface area contributed by atoms with Crippen LogP contribution >= 0.6 is 11.8 Å². The van der Waals surface area contributed by atoms with E-state index in [1.54, 1.807) is 24.3 Å². The Kier molecular flexibility index (Phi) is 7.05. The molecule has 1 aromatic rings. The van der Waals surface area contributed by atoms with Gasteiger partial charge in [0.05, 0.1) is 17.6 Å². The van der Waals surface area contributed by atoms with Crippen molar-refractivity contribution in [3.05, 3.63) is 29.8 Å². The summed E-state index contributed by atoms with van der Waals surface area (Å²) in [6.07, 6.45) is 1.03. The molecule has 1 aliphatic heterocycles. The van der Waals surface area contributed by atoms with Crippen LogP contribution in [0, 0.1) is 12.8 Å². The van der Waals surface area contributed by atoms with Crippen molar-refractivity contribution >= 4 is 30.2 Å². The lowest BCUT2D eigenvalue weighted by Gasteiger charge is -2.42. The number of aryl methyl sites for hydroxylation is 1. The summed E-state index contributed by atoms with van der Waals surface area (Å²) < 4.78 is 37.0. The molecule has 2 rings (SSSR count). The fourth-order valence-electron chi connectivity index (χ4n) is 2.59. The topological polar surface area (TPSA) is 52.6 Å². The van der Waals surface area contributed by atoms with Gasteiger partial charge in [-0.05, 0) is 49.4 Å². The van der Waals surface area contributed by atoms with Crippen molar-refractivity contribution in [3.8, 4) is 0 Å². The Morgan fingerprint density at radius 2 is 1.81 bits per heavy atom. The van der Waals surface area contributed by atoms with Crippen LogP contribution in [0.1, 0.15) is 32.8 Å². The van der Waals surface area contributed by atoms with Gasteiger partial charge in [0, 0.05) is 11.7 Å². The maximum absolute atomic E-state index is 12.5.